The lowest BCUT2D eigenvalue weighted by Gasteiger charge is -2.31. The molecule has 4 rings (SSSR count). The van der Waals surface area contributed by atoms with Crippen LogP contribution in [0, 0.1) is 12.8 Å². The fourth-order valence-electron chi connectivity index (χ4n) is 4.26. The van der Waals surface area contributed by atoms with Crippen molar-refractivity contribution in [1.29, 1.82) is 0 Å². The number of likely N-dealkylation sites (N-methyl/N-ethyl adjacent to an activating group) is 1. The van der Waals surface area contributed by atoms with Gasteiger partial charge in [0.2, 0.25) is 16.1 Å². The van der Waals surface area contributed by atoms with Crippen LogP contribution in [0.25, 0.3) is 10.9 Å². The number of nitrogens with zero attached hydrogens (tertiary/aromatic N) is 3. The lowest BCUT2D eigenvalue weighted by atomic mass is 9.98. The van der Waals surface area contributed by atoms with E-state index in [9.17, 15) is 18.0 Å². The maximum atomic E-state index is 13.4. The van der Waals surface area contributed by atoms with Gasteiger partial charge < -0.3 is 9.64 Å². The lowest BCUT2D eigenvalue weighted by molar-refractivity contribution is -0.164. The molecule has 0 unspecified atom stereocenters. The SMILES string of the molecule is Cc1cnc2c(S(=O)(=O)N3CCC(C(=O)O[C@H](C(=O)N(C)C)c4ccccc4)CC3)cccc2c1. The van der Waals surface area contributed by atoms with E-state index >= 15 is 0 Å². The fraction of sp³-hybridized carbons (Fsp3) is 0.346. The summed E-state index contributed by atoms with van der Waals surface area (Å²) in [6.45, 7) is 2.27. The molecule has 2 aromatic carbocycles. The fourth-order valence-corrected chi connectivity index (χ4v) is 5.89. The van der Waals surface area contributed by atoms with E-state index < -0.39 is 28.0 Å². The lowest BCUT2D eigenvalue weighted by Crippen LogP contribution is -2.41. The van der Waals surface area contributed by atoms with Crippen molar-refractivity contribution in [3.63, 3.8) is 0 Å². The molecule has 1 amide bonds. The summed E-state index contributed by atoms with van der Waals surface area (Å²) < 4.78 is 33.9. The minimum absolute atomic E-state index is 0.164. The van der Waals surface area contributed by atoms with Crippen molar-refractivity contribution in [1.82, 2.24) is 14.2 Å². The van der Waals surface area contributed by atoms with Crippen LogP contribution in [0.15, 0.2) is 65.7 Å². The average Bonchev–Trinajstić information content (AvgIpc) is 2.86. The van der Waals surface area contributed by atoms with E-state index in [0.29, 0.717) is 23.9 Å². The van der Waals surface area contributed by atoms with Crippen LogP contribution in [-0.2, 0) is 24.3 Å². The second kappa shape index (κ2) is 10.1. The number of aryl methyl sites for hydroxylation is 1. The van der Waals surface area contributed by atoms with Gasteiger partial charge in [-0.1, -0.05) is 42.5 Å². The Kier molecular flexibility index (Phi) is 7.18. The van der Waals surface area contributed by atoms with Crippen LogP contribution in [0.4, 0.5) is 0 Å². The molecule has 8 nitrogen and oxygen atoms in total. The quantitative estimate of drug-likeness (QED) is 0.487. The normalized spacial score (nSPS) is 16.1. The number of sulfonamides is 1. The number of amides is 1. The van der Waals surface area contributed by atoms with Crippen LogP contribution in [0.5, 0.6) is 0 Å². The molecule has 1 aromatic heterocycles. The molecule has 0 spiro atoms. The van der Waals surface area contributed by atoms with E-state index in [-0.39, 0.29) is 23.9 Å². The number of pyridine rings is 1. The summed E-state index contributed by atoms with van der Waals surface area (Å²) >= 11 is 0. The number of ether oxygens (including phenoxy) is 1. The van der Waals surface area contributed by atoms with E-state index in [4.69, 9.17) is 4.74 Å². The molecule has 0 N–H and O–H groups in total. The van der Waals surface area contributed by atoms with Crippen molar-refractivity contribution in [3.05, 3.63) is 71.9 Å². The van der Waals surface area contributed by atoms with Crippen LogP contribution in [-0.4, -0.2) is 61.7 Å². The Balaban J connectivity index is 1.47. The maximum Gasteiger partial charge on any atom is 0.310 e. The van der Waals surface area contributed by atoms with Crippen LogP contribution in [0.2, 0.25) is 0 Å². The molecule has 35 heavy (non-hydrogen) atoms. The highest BCUT2D eigenvalue weighted by Gasteiger charge is 2.36. The molecule has 9 heteroatoms. The number of hydrogen-bond donors (Lipinski definition) is 0. The molecule has 184 valence electrons. The van der Waals surface area contributed by atoms with Gasteiger partial charge in [0.1, 0.15) is 4.90 Å². The second-order valence-corrected chi connectivity index (χ2v) is 10.9. The highest BCUT2D eigenvalue weighted by molar-refractivity contribution is 7.89. The summed E-state index contributed by atoms with van der Waals surface area (Å²) in [6.07, 6.45) is 1.24. The molecule has 2 heterocycles. The van der Waals surface area contributed by atoms with Crippen molar-refractivity contribution < 1.29 is 22.7 Å². The van der Waals surface area contributed by atoms with Crippen molar-refractivity contribution in [2.45, 2.75) is 30.8 Å². The summed E-state index contributed by atoms with van der Waals surface area (Å²) in [7, 11) is -0.563. The zero-order valence-electron chi connectivity index (χ0n) is 20.0. The minimum atomic E-state index is -3.78. The van der Waals surface area contributed by atoms with Crippen LogP contribution in [0.1, 0.15) is 30.1 Å². The van der Waals surface area contributed by atoms with Crippen LogP contribution >= 0.6 is 0 Å². The van der Waals surface area contributed by atoms with Gasteiger partial charge in [-0.15, -0.1) is 0 Å². The number of fused-ring (bicyclic) bond motifs is 1. The van der Waals surface area contributed by atoms with Gasteiger partial charge in [0.15, 0.2) is 0 Å². The molecule has 1 fully saturated rings. The third-order valence-corrected chi connectivity index (χ3v) is 8.15. The van der Waals surface area contributed by atoms with Gasteiger partial charge in [-0.25, -0.2) is 8.42 Å². The Morgan fingerprint density at radius 1 is 1.06 bits per heavy atom. The van der Waals surface area contributed by atoms with Gasteiger partial charge in [-0.05, 0) is 37.5 Å². The van der Waals surface area contributed by atoms with Gasteiger partial charge in [0.25, 0.3) is 5.91 Å². The second-order valence-electron chi connectivity index (χ2n) is 8.98. The molecule has 0 bridgehead atoms. The highest BCUT2D eigenvalue weighted by atomic mass is 32.2. The van der Waals surface area contributed by atoms with Gasteiger partial charge in [0.05, 0.1) is 11.4 Å². The molecule has 3 aromatic rings. The van der Waals surface area contributed by atoms with Gasteiger partial charge in [-0.2, -0.15) is 4.31 Å². The summed E-state index contributed by atoms with van der Waals surface area (Å²) in [6, 6.07) is 15.9. The number of rotatable bonds is 6. The number of aromatic nitrogens is 1. The van der Waals surface area contributed by atoms with Crippen LogP contribution in [0.3, 0.4) is 0 Å². The molecular weight excluding hydrogens is 466 g/mol. The van der Waals surface area contributed by atoms with E-state index in [0.717, 1.165) is 10.9 Å². The molecule has 1 saturated heterocycles. The van der Waals surface area contributed by atoms with Gasteiger partial charge in [0, 0.05) is 44.3 Å². The predicted molar refractivity (Wildman–Crippen MR) is 132 cm³/mol. The highest BCUT2D eigenvalue weighted by Crippen LogP contribution is 2.30. The van der Waals surface area contributed by atoms with Crippen molar-refractivity contribution >= 4 is 32.8 Å². The summed E-state index contributed by atoms with van der Waals surface area (Å²) in [5, 5.41) is 0.766. The largest absolute Gasteiger partial charge is 0.447 e. The first-order valence-corrected chi connectivity index (χ1v) is 12.9. The molecule has 1 atom stereocenters. The maximum absolute atomic E-state index is 13.4. The molecule has 1 aliphatic heterocycles. The number of piperidine rings is 1. The third kappa shape index (κ3) is 5.21. The van der Waals surface area contributed by atoms with Gasteiger partial charge >= 0.3 is 5.97 Å². The Morgan fingerprint density at radius 3 is 2.40 bits per heavy atom. The molecule has 0 saturated carbocycles. The first-order valence-electron chi connectivity index (χ1n) is 11.5. The zero-order valence-corrected chi connectivity index (χ0v) is 20.9. The van der Waals surface area contributed by atoms with Crippen molar-refractivity contribution in [2.24, 2.45) is 5.92 Å². The first kappa shape index (κ1) is 24.8. The van der Waals surface area contributed by atoms with E-state index in [1.54, 1.807) is 56.7 Å². The van der Waals surface area contributed by atoms with E-state index in [1.807, 2.05) is 25.1 Å². The summed E-state index contributed by atoms with van der Waals surface area (Å²) in [5.41, 5.74) is 1.98. The number of hydrogen-bond acceptors (Lipinski definition) is 6. The number of esters is 1. The summed E-state index contributed by atoms with van der Waals surface area (Å²) in [5.74, 6) is -1.31. The molecule has 1 aliphatic rings. The first-order chi connectivity index (χ1) is 16.7. The van der Waals surface area contributed by atoms with Crippen LogP contribution < -0.4 is 0 Å². The Hall–Kier alpha value is -3.30. The predicted octanol–water partition coefficient (Wildman–Crippen LogP) is 3.32. The van der Waals surface area contributed by atoms with Gasteiger partial charge in [-0.3, -0.25) is 14.6 Å². The summed E-state index contributed by atoms with van der Waals surface area (Å²) in [4.78, 5) is 31.6. The standard InChI is InChI=1S/C26H29N3O5S/c1-18-16-21-10-7-11-22(23(21)27-17-18)35(32,33)29-14-12-20(13-15-29)26(31)34-24(25(30)28(2)3)19-8-5-4-6-9-19/h4-11,16-17,20,24H,12-15H2,1-3H3/t24-/m0/s1. The molecule has 0 aliphatic carbocycles. The number of benzene rings is 2. The number of carbonyl (C=O) groups is 2. The minimum Gasteiger partial charge on any atom is -0.447 e. The topological polar surface area (TPSA) is 96.9 Å². The van der Waals surface area contributed by atoms with Crippen molar-refractivity contribution in [2.75, 3.05) is 27.2 Å². The molecular formula is C26H29N3O5S. The van der Waals surface area contributed by atoms with E-state index in [2.05, 4.69) is 4.98 Å². The number of carbonyl (C=O) groups excluding carboxylic acids is 2. The Bertz CT molecular complexity index is 1330. The Labute approximate surface area is 205 Å². The smallest absolute Gasteiger partial charge is 0.310 e. The zero-order chi connectivity index (χ0) is 25.2. The average molecular weight is 496 g/mol. The third-order valence-electron chi connectivity index (χ3n) is 6.22. The Morgan fingerprint density at radius 2 is 1.74 bits per heavy atom. The van der Waals surface area contributed by atoms with Crippen molar-refractivity contribution in [3.8, 4) is 0 Å². The molecule has 0 radical (unpaired) electrons. The van der Waals surface area contributed by atoms with E-state index in [1.165, 1.54) is 9.21 Å². The monoisotopic (exact) mass is 495 g/mol. The number of para-hydroxylation sites is 1.